The number of benzene rings is 7. The molecule has 0 saturated carbocycles. The normalized spacial score (nSPS) is 13.6. The van der Waals surface area contributed by atoms with Gasteiger partial charge in [-0.1, -0.05) is 134 Å². The minimum Gasteiger partial charge on any atom is -0.311 e. The molecule has 0 atom stereocenters. The zero-order valence-corrected chi connectivity index (χ0v) is 42.6. The van der Waals surface area contributed by atoms with Crippen molar-refractivity contribution in [1.82, 2.24) is 0 Å². The summed E-state index contributed by atoms with van der Waals surface area (Å²) in [7, 11) is 0. The first-order chi connectivity index (χ1) is 32.1. The van der Waals surface area contributed by atoms with E-state index in [1.165, 1.54) is 129 Å². The van der Waals surface area contributed by atoms with Gasteiger partial charge in [-0.2, -0.15) is 0 Å². The van der Waals surface area contributed by atoms with E-state index < -0.39 is 0 Å². The summed E-state index contributed by atoms with van der Waals surface area (Å²) >= 11 is 5.76. The second-order valence-electron chi connectivity index (χ2n) is 21.3. The zero-order chi connectivity index (χ0) is 46.3. The van der Waals surface area contributed by atoms with Crippen molar-refractivity contribution in [3.05, 3.63) is 173 Å². The van der Waals surface area contributed by atoms with E-state index in [2.05, 4.69) is 225 Å². The summed E-state index contributed by atoms with van der Waals surface area (Å²) < 4.78 is 5.39. The van der Waals surface area contributed by atoms with Gasteiger partial charge in [0, 0.05) is 56.8 Å². The van der Waals surface area contributed by atoms with Gasteiger partial charge in [-0.3, -0.25) is 0 Å². The highest BCUT2D eigenvalue weighted by Crippen LogP contribution is 2.52. The third kappa shape index (κ3) is 6.85. The summed E-state index contributed by atoms with van der Waals surface area (Å²) in [5, 5.41) is 3.93. The van der Waals surface area contributed by atoms with Crippen LogP contribution in [0.15, 0.2) is 146 Å². The van der Waals surface area contributed by atoms with Gasteiger partial charge in [0.05, 0.1) is 11.4 Å². The van der Waals surface area contributed by atoms with E-state index in [9.17, 15) is 0 Å². The highest BCUT2D eigenvalue weighted by atomic mass is 32.1. The number of nitrogens with zero attached hydrogens (tertiary/aromatic N) is 2. The molecule has 330 valence electrons. The Kier molecular flexibility index (Phi) is 9.69. The quantitative estimate of drug-likeness (QED) is 0.159. The number of aryl methyl sites for hydroxylation is 2. The zero-order valence-electron chi connectivity index (χ0n) is 40.1. The van der Waals surface area contributed by atoms with Crippen LogP contribution in [0.5, 0.6) is 0 Å². The summed E-state index contributed by atoms with van der Waals surface area (Å²) in [6.45, 7) is 23.5. The monoisotopic (exact) mass is 922 g/mol. The number of rotatable bonds is 5. The summed E-state index contributed by atoms with van der Waals surface area (Å²) in [5.41, 5.74) is 19.6. The van der Waals surface area contributed by atoms with Gasteiger partial charge in [-0.15, -0.1) is 34.0 Å². The summed E-state index contributed by atoms with van der Waals surface area (Å²) in [6, 6.07) is 56.3. The van der Waals surface area contributed by atoms with E-state index in [4.69, 9.17) is 0 Å². The van der Waals surface area contributed by atoms with Crippen LogP contribution in [0.1, 0.15) is 89.1 Å². The van der Waals surface area contributed by atoms with Gasteiger partial charge in [0.1, 0.15) is 0 Å². The predicted molar refractivity (Wildman–Crippen MR) is 298 cm³/mol. The standard InChI is InChI=1S/C61H55BN2S3/c1-35(2)42-30-49-56-50(31-42)64(57-36(3)26-44(27-37(57)4)61(8,9)10)58-46-34-43(60(5,6)7)23-25-53(46)67-59(58)62(56)47-24-22-41(55-33-40-17-12-14-21-52(40)66-55)29-48(47)63(49)45-19-15-18-38(28-45)54-32-39-16-11-13-20-51(39)65-54/h11-35H,1-10H3. The summed E-state index contributed by atoms with van der Waals surface area (Å²) in [4.78, 5) is 7.92. The lowest BCUT2D eigenvalue weighted by Gasteiger charge is -2.44. The first-order valence-corrected chi connectivity index (χ1v) is 26.2. The molecule has 12 rings (SSSR count). The molecule has 2 aliphatic rings. The highest BCUT2D eigenvalue weighted by molar-refractivity contribution is 7.33. The average Bonchev–Trinajstić information content (AvgIpc) is 4.04. The maximum absolute atomic E-state index is 2.71. The molecule has 0 radical (unpaired) electrons. The molecule has 0 fully saturated rings. The molecule has 10 aromatic rings. The molecular weight excluding hydrogens is 868 g/mol. The molecule has 0 unspecified atom stereocenters. The van der Waals surface area contributed by atoms with Gasteiger partial charge in [-0.25, -0.2) is 0 Å². The van der Waals surface area contributed by atoms with E-state index in [0.717, 1.165) is 0 Å². The lowest BCUT2D eigenvalue weighted by atomic mass is 9.36. The van der Waals surface area contributed by atoms with Crippen molar-refractivity contribution in [2.24, 2.45) is 0 Å². The molecule has 7 aromatic carbocycles. The molecule has 6 heteroatoms. The topological polar surface area (TPSA) is 6.48 Å². The van der Waals surface area contributed by atoms with Crippen molar-refractivity contribution in [2.45, 2.75) is 86.0 Å². The number of thiophene rings is 3. The Labute approximate surface area is 408 Å². The summed E-state index contributed by atoms with van der Waals surface area (Å²) in [6.07, 6.45) is 0. The molecule has 0 aliphatic carbocycles. The Balaban J connectivity index is 1.18. The van der Waals surface area contributed by atoms with Crippen LogP contribution >= 0.6 is 34.0 Å². The van der Waals surface area contributed by atoms with Crippen LogP contribution in [0.2, 0.25) is 0 Å². The van der Waals surface area contributed by atoms with Gasteiger partial charge in [-0.05, 0) is 158 Å². The van der Waals surface area contributed by atoms with Gasteiger partial charge in [0.25, 0.3) is 6.71 Å². The molecule has 0 spiro atoms. The van der Waals surface area contributed by atoms with Crippen LogP contribution in [0.3, 0.4) is 0 Å². The van der Waals surface area contributed by atoms with Crippen LogP contribution in [0, 0.1) is 13.8 Å². The van der Waals surface area contributed by atoms with E-state index in [1.807, 2.05) is 34.0 Å². The Morgan fingerprint density at radius 1 is 0.493 bits per heavy atom. The first kappa shape index (κ1) is 42.4. The second kappa shape index (κ2) is 15.3. The Morgan fingerprint density at radius 2 is 1.10 bits per heavy atom. The molecule has 2 aliphatic heterocycles. The smallest absolute Gasteiger partial charge is 0.264 e. The second-order valence-corrected chi connectivity index (χ2v) is 24.6. The minimum atomic E-state index is 0.00387. The molecule has 0 N–H and O–H groups in total. The first-order valence-electron chi connectivity index (χ1n) is 23.8. The highest BCUT2D eigenvalue weighted by Gasteiger charge is 2.46. The maximum atomic E-state index is 2.71. The van der Waals surface area contributed by atoms with Crippen molar-refractivity contribution >= 4 is 121 Å². The van der Waals surface area contributed by atoms with Crippen molar-refractivity contribution in [3.63, 3.8) is 0 Å². The van der Waals surface area contributed by atoms with Crippen molar-refractivity contribution in [1.29, 1.82) is 0 Å². The lowest BCUT2D eigenvalue weighted by molar-refractivity contribution is 0.589. The van der Waals surface area contributed by atoms with Crippen LogP contribution < -0.4 is 25.5 Å². The molecule has 0 amide bonds. The molecule has 3 aromatic heterocycles. The van der Waals surface area contributed by atoms with E-state index in [0.29, 0.717) is 5.92 Å². The van der Waals surface area contributed by atoms with Crippen LogP contribution in [0.25, 0.3) is 51.1 Å². The van der Waals surface area contributed by atoms with Crippen molar-refractivity contribution in [3.8, 4) is 20.9 Å². The van der Waals surface area contributed by atoms with Gasteiger partial charge < -0.3 is 9.80 Å². The van der Waals surface area contributed by atoms with Crippen LogP contribution in [-0.2, 0) is 10.8 Å². The molecule has 0 saturated heterocycles. The Hall–Kier alpha value is -5.92. The lowest BCUT2D eigenvalue weighted by Crippen LogP contribution is -2.60. The molecular formula is C61H55BN2S3. The largest absolute Gasteiger partial charge is 0.311 e. The van der Waals surface area contributed by atoms with E-state index >= 15 is 0 Å². The maximum Gasteiger partial charge on any atom is 0.264 e. The van der Waals surface area contributed by atoms with Crippen molar-refractivity contribution < 1.29 is 0 Å². The van der Waals surface area contributed by atoms with Gasteiger partial charge >= 0.3 is 0 Å². The fourth-order valence-electron chi connectivity index (χ4n) is 10.8. The predicted octanol–water partition coefficient (Wildman–Crippen LogP) is 17.1. The van der Waals surface area contributed by atoms with Crippen molar-refractivity contribution in [2.75, 3.05) is 9.80 Å². The molecule has 5 heterocycles. The fourth-order valence-corrected chi connectivity index (χ4v) is 14.2. The molecule has 67 heavy (non-hydrogen) atoms. The van der Waals surface area contributed by atoms with E-state index in [-0.39, 0.29) is 17.5 Å². The minimum absolute atomic E-state index is 0.00387. The molecule has 2 nitrogen and oxygen atoms in total. The third-order valence-corrected chi connectivity index (χ3v) is 17.9. The average molecular weight is 923 g/mol. The Bertz CT molecular complexity index is 3550. The number of hydrogen-bond donors (Lipinski definition) is 0. The van der Waals surface area contributed by atoms with Crippen LogP contribution in [-0.4, -0.2) is 6.71 Å². The number of anilines is 6. The van der Waals surface area contributed by atoms with Crippen LogP contribution in [0.4, 0.5) is 34.1 Å². The molecule has 0 bridgehead atoms. The van der Waals surface area contributed by atoms with Gasteiger partial charge in [0.15, 0.2) is 0 Å². The SMILES string of the molecule is Cc1cc(C(C)(C)C)cc(C)c1N1c2cc(C(C)C)cc3c2B(c2ccc(-c4cc5ccccc5s4)cc2N3c2cccc(-c3cc4ccccc4s3)c2)c2sc3ccc(C(C)(C)C)cc3c21. The van der Waals surface area contributed by atoms with E-state index in [1.54, 1.807) is 0 Å². The Morgan fingerprint density at radius 3 is 1.72 bits per heavy atom. The third-order valence-electron chi connectivity index (χ3n) is 14.3. The fraction of sp³-hybridized carbons (Fsp3) is 0.213. The number of fused-ring (bicyclic) bond motifs is 8. The number of hydrogen-bond acceptors (Lipinski definition) is 5. The van der Waals surface area contributed by atoms with Gasteiger partial charge in [0.2, 0.25) is 0 Å². The summed E-state index contributed by atoms with van der Waals surface area (Å²) in [5.74, 6) is 0.304.